The van der Waals surface area contributed by atoms with Crippen LogP contribution in [0.4, 0.5) is 5.69 Å². The molecule has 0 aromatic heterocycles. The SMILES string of the molecule is Cc1cc(C)c(NC(=O)C2NCCC2C)c(Br)c1. The van der Waals surface area contributed by atoms with Crippen LogP contribution in [0.5, 0.6) is 0 Å². The third kappa shape index (κ3) is 2.75. The van der Waals surface area contributed by atoms with Crippen LogP contribution in [0.2, 0.25) is 0 Å². The number of carbonyl (C=O) groups is 1. The summed E-state index contributed by atoms with van der Waals surface area (Å²) < 4.78 is 0.944. The minimum absolute atomic E-state index is 0.0626. The summed E-state index contributed by atoms with van der Waals surface area (Å²) in [6, 6.07) is 4.03. The monoisotopic (exact) mass is 310 g/mol. The first-order valence-electron chi connectivity index (χ1n) is 6.30. The lowest BCUT2D eigenvalue weighted by atomic mass is 10.0. The molecule has 2 rings (SSSR count). The molecule has 2 atom stereocenters. The van der Waals surface area contributed by atoms with Crippen molar-refractivity contribution in [1.82, 2.24) is 5.32 Å². The molecule has 1 heterocycles. The van der Waals surface area contributed by atoms with Crippen molar-refractivity contribution >= 4 is 27.5 Å². The zero-order valence-electron chi connectivity index (χ0n) is 11.0. The standard InChI is InChI=1S/C14H19BrN2O/c1-8-6-10(3)12(11(15)7-8)17-14(18)13-9(2)4-5-16-13/h6-7,9,13,16H,4-5H2,1-3H3,(H,17,18). The van der Waals surface area contributed by atoms with Gasteiger partial charge < -0.3 is 10.6 Å². The largest absolute Gasteiger partial charge is 0.323 e. The van der Waals surface area contributed by atoms with Crippen molar-refractivity contribution in [3.63, 3.8) is 0 Å². The number of aryl methyl sites for hydroxylation is 2. The van der Waals surface area contributed by atoms with E-state index in [0.29, 0.717) is 5.92 Å². The predicted molar refractivity (Wildman–Crippen MR) is 77.8 cm³/mol. The van der Waals surface area contributed by atoms with Crippen LogP contribution in [0.15, 0.2) is 16.6 Å². The summed E-state index contributed by atoms with van der Waals surface area (Å²) in [5.41, 5.74) is 3.15. The van der Waals surface area contributed by atoms with Gasteiger partial charge in [0.25, 0.3) is 0 Å². The molecule has 0 aliphatic carbocycles. The highest BCUT2D eigenvalue weighted by molar-refractivity contribution is 9.10. The normalized spacial score (nSPS) is 23.1. The quantitative estimate of drug-likeness (QED) is 0.881. The van der Waals surface area contributed by atoms with Gasteiger partial charge in [0.15, 0.2) is 0 Å². The van der Waals surface area contributed by atoms with Crippen LogP contribution < -0.4 is 10.6 Å². The summed E-state index contributed by atoms with van der Waals surface area (Å²) in [5, 5.41) is 6.28. The Morgan fingerprint density at radius 1 is 1.44 bits per heavy atom. The second kappa shape index (κ2) is 5.41. The van der Waals surface area contributed by atoms with Gasteiger partial charge >= 0.3 is 0 Å². The number of amides is 1. The fourth-order valence-corrected chi connectivity index (χ4v) is 3.23. The Morgan fingerprint density at radius 2 is 2.17 bits per heavy atom. The van der Waals surface area contributed by atoms with Gasteiger partial charge in [-0.15, -0.1) is 0 Å². The lowest BCUT2D eigenvalue weighted by Gasteiger charge is -2.18. The maximum Gasteiger partial charge on any atom is 0.241 e. The van der Waals surface area contributed by atoms with Crippen LogP contribution in [0.3, 0.4) is 0 Å². The highest BCUT2D eigenvalue weighted by Gasteiger charge is 2.29. The molecule has 18 heavy (non-hydrogen) atoms. The van der Waals surface area contributed by atoms with Gasteiger partial charge in [-0.1, -0.05) is 13.0 Å². The topological polar surface area (TPSA) is 41.1 Å². The number of carbonyl (C=O) groups excluding carboxylic acids is 1. The Balaban J connectivity index is 2.17. The minimum atomic E-state index is -0.0717. The van der Waals surface area contributed by atoms with Gasteiger partial charge in [0.2, 0.25) is 5.91 Å². The number of nitrogens with one attached hydrogen (secondary N) is 2. The molecule has 3 nitrogen and oxygen atoms in total. The summed E-state index contributed by atoms with van der Waals surface area (Å²) in [4.78, 5) is 12.2. The Kier molecular flexibility index (Phi) is 4.07. The molecular formula is C14H19BrN2O. The molecule has 1 saturated heterocycles. The van der Waals surface area contributed by atoms with Gasteiger partial charge in [-0.2, -0.15) is 0 Å². The third-order valence-electron chi connectivity index (χ3n) is 3.50. The van der Waals surface area contributed by atoms with E-state index < -0.39 is 0 Å². The number of halogens is 1. The average Bonchev–Trinajstić information content (AvgIpc) is 2.69. The number of anilines is 1. The first-order valence-corrected chi connectivity index (χ1v) is 7.09. The molecule has 0 spiro atoms. The van der Waals surface area contributed by atoms with E-state index in [1.807, 2.05) is 19.9 Å². The molecule has 2 unspecified atom stereocenters. The van der Waals surface area contributed by atoms with E-state index in [1.54, 1.807) is 0 Å². The van der Waals surface area contributed by atoms with Crippen molar-refractivity contribution < 1.29 is 4.79 Å². The Bertz CT molecular complexity index is 450. The van der Waals surface area contributed by atoms with Gasteiger partial charge in [-0.25, -0.2) is 0 Å². The molecule has 0 saturated carbocycles. The number of rotatable bonds is 2. The fourth-order valence-electron chi connectivity index (χ4n) is 2.46. The Hall–Kier alpha value is -0.870. The van der Waals surface area contributed by atoms with Crippen molar-refractivity contribution in [2.24, 2.45) is 5.92 Å². The van der Waals surface area contributed by atoms with E-state index in [9.17, 15) is 4.79 Å². The van der Waals surface area contributed by atoms with E-state index in [2.05, 4.69) is 39.6 Å². The van der Waals surface area contributed by atoms with Gasteiger partial charge in [0.05, 0.1) is 11.7 Å². The summed E-state index contributed by atoms with van der Waals surface area (Å²) in [7, 11) is 0. The molecule has 1 amide bonds. The maximum atomic E-state index is 12.2. The zero-order chi connectivity index (χ0) is 13.3. The lowest BCUT2D eigenvalue weighted by molar-refractivity contribution is -0.118. The first-order chi connectivity index (χ1) is 8.49. The summed E-state index contributed by atoms with van der Waals surface area (Å²) >= 11 is 3.52. The molecule has 98 valence electrons. The Morgan fingerprint density at radius 3 is 2.72 bits per heavy atom. The molecule has 1 aliphatic heterocycles. The van der Waals surface area contributed by atoms with Crippen molar-refractivity contribution in [2.75, 3.05) is 11.9 Å². The molecule has 1 aromatic rings. The van der Waals surface area contributed by atoms with Crippen LogP contribution in [0.25, 0.3) is 0 Å². The summed E-state index contributed by atoms with van der Waals surface area (Å²) in [5.74, 6) is 0.460. The molecule has 1 aromatic carbocycles. The summed E-state index contributed by atoms with van der Waals surface area (Å²) in [6.07, 6.45) is 1.06. The highest BCUT2D eigenvalue weighted by Crippen LogP contribution is 2.28. The van der Waals surface area contributed by atoms with E-state index in [-0.39, 0.29) is 11.9 Å². The second-order valence-corrected chi connectivity index (χ2v) is 5.98. The van der Waals surface area contributed by atoms with Crippen LogP contribution in [0, 0.1) is 19.8 Å². The molecular weight excluding hydrogens is 292 g/mol. The van der Waals surface area contributed by atoms with Gasteiger partial charge in [-0.3, -0.25) is 4.79 Å². The average molecular weight is 311 g/mol. The second-order valence-electron chi connectivity index (χ2n) is 5.13. The predicted octanol–water partition coefficient (Wildman–Crippen LogP) is 3.00. The van der Waals surface area contributed by atoms with Crippen LogP contribution in [0.1, 0.15) is 24.5 Å². The molecule has 0 radical (unpaired) electrons. The maximum absolute atomic E-state index is 12.2. The number of hydrogen-bond donors (Lipinski definition) is 2. The van der Waals surface area contributed by atoms with Crippen molar-refractivity contribution in [3.05, 3.63) is 27.7 Å². The fraction of sp³-hybridized carbons (Fsp3) is 0.500. The minimum Gasteiger partial charge on any atom is -0.323 e. The molecule has 0 bridgehead atoms. The van der Waals surface area contributed by atoms with Crippen LogP contribution in [-0.4, -0.2) is 18.5 Å². The van der Waals surface area contributed by atoms with E-state index in [1.165, 1.54) is 5.56 Å². The number of hydrogen-bond acceptors (Lipinski definition) is 2. The van der Waals surface area contributed by atoms with Gasteiger partial charge in [-0.05, 0) is 65.9 Å². The smallest absolute Gasteiger partial charge is 0.241 e. The van der Waals surface area contributed by atoms with E-state index in [4.69, 9.17) is 0 Å². The lowest BCUT2D eigenvalue weighted by Crippen LogP contribution is -2.39. The highest BCUT2D eigenvalue weighted by atomic mass is 79.9. The van der Waals surface area contributed by atoms with E-state index >= 15 is 0 Å². The third-order valence-corrected chi connectivity index (χ3v) is 4.12. The van der Waals surface area contributed by atoms with Crippen LogP contribution >= 0.6 is 15.9 Å². The van der Waals surface area contributed by atoms with Crippen molar-refractivity contribution in [2.45, 2.75) is 33.2 Å². The van der Waals surface area contributed by atoms with Crippen molar-refractivity contribution in [1.29, 1.82) is 0 Å². The zero-order valence-corrected chi connectivity index (χ0v) is 12.6. The molecule has 1 aliphatic rings. The first kappa shape index (κ1) is 13.6. The van der Waals surface area contributed by atoms with Crippen LogP contribution in [-0.2, 0) is 4.79 Å². The molecule has 1 fully saturated rings. The molecule has 4 heteroatoms. The Labute approximate surface area is 116 Å². The molecule has 2 N–H and O–H groups in total. The van der Waals surface area contributed by atoms with Crippen molar-refractivity contribution in [3.8, 4) is 0 Å². The summed E-state index contributed by atoms with van der Waals surface area (Å²) in [6.45, 7) is 7.09. The number of benzene rings is 1. The van der Waals surface area contributed by atoms with Gasteiger partial charge in [0.1, 0.15) is 0 Å². The van der Waals surface area contributed by atoms with Gasteiger partial charge in [0, 0.05) is 4.47 Å². The van der Waals surface area contributed by atoms with E-state index in [0.717, 1.165) is 28.7 Å².